The van der Waals surface area contributed by atoms with E-state index in [0.29, 0.717) is 5.06 Å². The van der Waals surface area contributed by atoms with Crippen LogP contribution in [0.2, 0.25) is 0 Å². The summed E-state index contributed by atoms with van der Waals surface area (Å²) in [6, 6.07) is 6.27. The van der Waals surface area contributed by atoms with Crippen molar-refractivity contribution in [3.8, 4) is 0 Å². The van der Waals surface area contributed by atoms with Gasteiger partial charge in [0.1, 0.15) is 0 Å². The molecule has 0 fully saturated rings. The van der Waals surface area contributed by atoms with Gasteiger partial charge in [0, 0.05) is 0 Å². The Hall–Kier alpha value is -2.15. The summed E-state index contributed by atoms with van der Waals surface area (Å²) < 4.78 is 3.96. The molecule has 1 aliphatic rings. The Morgan fingerprint density at radius 1 is 1.22 bits per heavy atom. The SMILES string of the molecule is [B]OC(=O)[C@@H](C)ON1C(=O)c2ccccc2C1=O. The van der Waals surface area contributed by atoms with E-state index < -0.39 is 23.9 Å². The Morgan fingerprint density at radius 2 is 1.72 bits per heavy atom. The second-order valence-corrected chi connectivity index (χ2v) is 3.63. The van der Waals surface area contributed by atoms with Crippen LogP contribution in [0.15, 0.2) is 24.3 Å². The summed E-state index contributed by atoms with van der Waals surface area (Å²) in [6.45, 7) is 1.32. The number of carbonyl (C=O) groups is 3. The number of hydrogen-bond donors (Lipinski definition) is 0. The number of carbonyl (C=O) groups excluding carboxylic acids is 3. The number of rotatable bonds is 3. The lowest BCUT2D eigenvalue weighted by Crippen LogP contribution is -2.37. The molecule has 0 spiro atoms. The first kappa shape index (κ1) is 12.3. The van der Waals surface area contributed by atoms with Gasteiger partial charge in [-0.3, -0.25) is 14.4 Å². The van der Waals surface area contributed by atoms with E-state index in [0.717, 1.165) is 0 Å². The molecule has 1 aromatic carbocycles. The molecule has 90 valence electrons. The van der Waals surface area contributed by atoms with Crippen molar-refractivity contribution in [3.63, 3.8) is 0 Å². The molecule has 1 heterocycles. The second-order valence-electron chi connectivity index (χ2n) is 3.63. The van der Waals surface area contributed by atoms with Crippen LogP contribution < -0.4 is 0 Å². The molecule has 2 radical (unpaired) electrons. The third-order valence-corrected chi connectivity index (χ3v) is 2.47. The zero-order valence-electron chi connectivity index (χ0n) is 9.45. The van der Waals surface area contributed by atoms with E-state index in [-0.39, 0.29) is 11.1 Å². The highest BCUT2D eigenvalue weighted by molar-refractivity contribution is 6.20. The average Bonchev–Trinajstić information content (AvgIpc) is 2.63. The largest absolute Gasteiger partial charge is 0.541 e. The number of hydroxylamine groups is 2. The van der Waals surface area contributed by atoms with Crippen molar-refractivity contribution in [1.29, 1.82) is 0 Å². The average molecular weight is 245 g/mol. The quantitative estimate of drug-likeness (QED) is 0.562. The van der Waals surface area contributed by atoms with Crippen LogP contribution in [0, 0.1) is 0 Å². The van der Waals surface area contributed by atoms with E-state index >= 15 is 0 Å². The van der Waals surface area contributed by atoms with Crippen LogP contribution in [0.25, 0.3) is 0 Å². The summed E-state index contributed by atoms with van der Waals surface area (Å²) in [4.78, 5) is 39.7. The van der Waals surface area contributed by atoms with Crippen LogP contribution in [0.3, 0.4) is 0 Å². The number of amides is 2. The Kier molecular flexibility index (Phi) is 3.16. The van der Waals surface area contributed by atoms with Gasteiger partial charge in [0.25, 0.3) is 11.8 Å². The van der Waals surface area contributed by atoms with Crippen LogP contribution in [-0.4, -0.2) is 37.0 Å². The fraction of sp³-hybridized carbons (Fsp3) is 0.182. The lowest BCUT2D eigenvalue weighted by molar-refractivity contribution is -0.168. The lowest BCUT2D eigenvalue weighted by atomic mass is 10.1. The highest BCUT2D eigenvalue weighted by Gasteiger charge is 2.38. The van der Waals surface area contributed by atoms with Crippen molar-refractivity contribution in [2.24, 2.45) is 0 Å². The molecule has 0 saturated heterocycles. The smallest absolute Gasteiger partial charge is 0.378 e. The van der Waals surface area contributed by atoms with Gasteiger partial charge in [0.15, 0.2) is 6.10 Å². The molecular formula is C11H8BNO5. The molecule has 0 saturated carbocycles. The highest BCUT2D eigenvalue weighted by Crippen LogP contribution is 2.23. The second kappa shape index (κ2) is 4.62. The van der Waals surface area contributed by atoms with Crippen LogP contribution in [0.4, 0.5) is 0 Å². The molecular weight excluding hydrogens is 237 g/mol. The summed E-state index contributed by atoms with van der Waals surface area (Å²) in [5.74, 6) is -2.12. The molecule has 2 rings (SSSR count). The summed E-state index contributed by atoms with van der Waals surface area (Å²) in [7, 11) is 4.68. The van der Waals surface area contributed by atoms with Crippen molar-refractivity contribution in [2.45, 2.75) is 13.0 Å². The zero-order chi connectivity index (χ0) is 13.3. The normalized spacial score (nSPS) is 15.5. The Bertz CT molecular complexity index is 495. The van der Waals surface area contributed by atoms with Gasteiger partial charge in [-0.05, 0) is 19.1 Å². The first-order valence-corrected chi connectivity index (χ1v) is 5.11. The molecule has 2 amide bonds. The van der Waals surface area contributed by atoms with Gasteiger partial charge in [-0.2, -0.15) is 0 Å². The fourth-order valence-corrected chi connectivity index (χ4v) is 1.56. The van der Waals surface area contributed by atoms with E-state index in [1.54, 1.807) is 12.1 Å². The van der Waals surface area contributed by atoms with Gasteiger partial charge >= 0.3 is 14.0 Å². The standard InChI is InChI=1S/C11H8BNO5/c1-6(11(16)17-12)18-13-9(14)7-4-2-3-5-8(7)10(13)15/h2-6H,1H3/t6-/m1/s1. The van der Waals surface area contributed by atoms with Crippen molar-refractivity contribution in [2.75, 3.05) is 0 Å². The maximum atomic E-state index is 11.9. The summed E-state index contributed by atoms with van der Waals surface area (Å²) in [6.07, 6.45) is -1.16. The monoisotopic (exact) mass is 245 g/mol. The maximum Gasteiger partial charge on any atom is 0.378 e. The van der Waals surface area contributed by atoms with Crippen LogP contribution in [0.5, 0.6) is 0 Å². The predicted octanol–water partition coefficient (Wildman–Crippen LogP) is 0.229. The minimum atomic E-state index is -1.16. The van der Waals surface area contributed by atoms with Gasteiger partial charge < -0.3 is 4.65 Å². The Morgan fingerprint density at radius 3 is 2.17 bits per heavy atom. The molecule has 0 aliphatic carbocycles. The maximum absolute atomic E-state index is 11.9. The van der Waals surface area contributed by atoms with Gasteiger partial charge in [0.05, 0.1) is 11.1 Å². The van der Waals surface area contributed by atoms with Crippen LogP contribution in [0.1, 0.15) is 27.6 Å². The highest BCUT2D eigenvalue weighted by atomic mass is 16.7. The molecule has 1 aromatic rings. The molecule has 18 heavy (non-hydrogen) atoms. The summed E-state index contributed by atoms with van der Waals surface area (Å²) in [5.41, 5.74) is 0.464. The molecule has 0 bridgehead atoms. The predicted molar refractivity (Wildman–Crippen MR) is 59.3 cm³/mol. The third kappa shape index (κ3) is 1.88. The summed E-state index contributed by atoms with van der Waals surface area (Å²) in [5, 5.41) is 0.534. The van der Waals surface area contributed by atoms with Gasteiger partial charge in [-0.1, -0.05) is 12.1 Å². The molecule has 1 aliphatic heterocycles. The Balaban J connectivity index is 2.21. The van der Waals surface area contributed by atoms with Crippen molar-refractivity contribution >= 4 is 25.8 Å². The first-order valence-electron chi connectivity index (χ1n) is 5.11. The van der Waals surface area contributed by atoms with E-state index in [1.165, 1.54) is 19.1 Å². The number of benzene rings is 1. The van der Waals surface area contributed by atoms with Crippen LogP contribution in [-0.2, 0) is 14.3 Å². The molecule has 6 nitrogen and oxygen atoms in total. The van der Waals surface area contributed by atoms with E-state index in [4.69, 9.17) is 4.84 Å². The van der Waals surface area contributed by atoms with E-state index in [1.807, 2.05) is 0 Å². The van der Waals surface area contributed by atoms with Gasteiger partial charge in [0.2, 0.25) is 0 Å². The Labute approximate surface area is 104 Å². The van der Waals surface area contributed by atoms with Gasteiger partial charge in [-0.15, -0.1) is 5.06 Å². The van der Waals surface area contributed by atoms with E-state index in [9.17, 15) is 14.4 Å². The van der Waals surface area contributed by atoms with Crippen molar-refractivity contribution in [3.05, 3.63) is 35.4 Å². The zero-order valence-corrected chi connectivity index (χ0v) is 9.45. The van der Waals surface area contributed by atoms with Crippen LogP contribution >= 0.6 is 0 Å². The lowest BCUT2D eigenvalue weighted by Gasteiger charge is -2.17. The minimum absolute atomic E-state index is 0.232. The third-order valence-electron chi connectivity index (χ3n) is 2.47. The first-order chi connectivity index (χ1) is 8.56. The summed E-state index contributed by atoms with van der Waals surface area (Å²) >= 11 is 0. The van der Waals surface area contributed by atoms with E-state index in [2.05, 4.69) is 12.7 Å². The molecule has 0 aromatic heterocycles. The molecule has 1 atom stereocenters. The number of hydrogen-bond acceptors (Lipinski definition) is 5. The molecule has 0 unspecified atom stereocenters. The van der Waals surface area contributed by atoms with Gasteiger partial charge in [-0.25, -0.2) is 4.84 Å². The number of imide groups is 1. The molecule has 0 N–H and O–H groups in total. The number of nitrogens with zero attached hydrogens (tertiary/aromatic N) is 1. The number of fused-ring (bicyclic) bond motifs is 1. The minimum Gasteiger partial charge on any atom is -0.541 e. The van der Waals surface area contributed by atoms with Crippen molar-refractivity contribution < 1.29 is 23.9 Å². The van der Waals surface area contributed by atoms with Crippen molar-refractivity contribution in [1.82, 2.24) is 5.06 Å². The molecule has 7 heteroatoms. The topological polar surface area (TPSA) is 72.9 Å². The fourth-order valence-electron chi connectivity index (χ4n) is 1.56.